The number of ether oxygens (including phenoxy) is 1. The first-order valence-electron chi connectivity index (χ1n) is 12.0. The Morgan fingerprint density at radius 3 is 2.43 bits per heavy atom. The van der Waals surface area contributed by atoms with Gasteiger partial charge in [-0.05, 0) is 54.7 Å². The smallest absolute Gasteiger partial charge is 0.325 e. The number of nitrogens with one attached hydrogen (secondary N) is 1. The predicted octanol–water partition coefficient (Wildman–Crippen LogP) is 4.76. The molecule has 2 N–H and O–H groups in total. The Morgan fingerprint density at radius 1 is 1.17 bits per heavy atom. The van der Waals surface area contributed by atoms with E-state index < -0.39 is 47.1 Å². The van der Waals surface area contributed by atoms with Crippen LogP contribution in [-0.2, 0) is 14.4 Å². The van der Waals surface area contributed by atoms with E-state index in [1.54, 1.807) is 18.2 Å². The normalized spacial score (nSPS) is 26.7. The predicted molar refractivity (Wildman–Crippen MR) is 134 cm³/mol. The maximum atomic E-state index is 13.8. The van der Waals surface area contributed by atoms with Crippen LogP contribution in [0.25, 0.3) is 0 Å². The number of hydrogen-bond donors (Lipinski definition) is 2. The quantitative estimate of drug-likeness (QED) is 0.509. The van der Waals surface area contributed by atoms with Gasteiger partial charge in [0.05, 0.1) is 24.1 Å². The van der Waals surface area contributed by atoms with Crippen LogP contribution in [0.3, 0.4) is 0 Å². The van der Waals surface area contributed by atoms with Crippen molar-refractivity contribution in [2.24, 2.45) is 17.8 Å². The van der Waals surface area contributed by atoms with Crippen molar-refractivity contribution in [3.63, 3.8) is 0 Å². The van der Waals surface area contributed by atoms with Crippen LogP contribution in [-0.4, -0.2) is 35.0 Å². The monoisotopic (exact) mass is 498 g/mol. The fourth-order valence-corrected chi connectivity index (χ4v) is 5.55. The zero-order chi connectivity index (χ0) is 25.5. The second-order valence-corrected chi connectivity index (χ2v) is 9.88. The van der Waals surface area contributed by atoms with Crippen LogP contribution < -0.4 is 15.0 Å². The Hall–Kier alpha value is -2.90. The number of aliphatic carboxylic acids is 1. The Morgan fingerprint density at radius 2 is 1.86 bits per heavy atom. The molecule has 0 spiro atoms. The highest BCUT2D eigenvalue weighted by molar-refractivity contribution is 6.32. The molecule has 2 heterocycles. The van der Waals surface area contributed by atoms with Gasteiger partial charge in [-0.15, -0.1) is 0 Å². The van der Waals surface area contributed by atoms with E-state index in [9.17, 15) is 19.5 Å². The SMILES string of the molecule is CCCOc1ccc(C2NC(C(=O)O)(C(C)CC)C3C(=O)N(c4ccc(C)c(Cl)c4)C(=O)C23)cc1. The molecule has 2 aliphatic rings. The van der Waals surface area contributed by atoms with E-state index in [4.69, 9.17) is 16.3 Å². The van der Waals surface area contributed by atoms with Crippen molar-refractivity contribution in [1.29, 1.82) is 0 Å². The van der Waals surface area contributed by atoms with Crippen molar-refractivity contribution >= 4 is 35.1 Å². The molecule has 2 aromatic rings. The van der Waals surface area contributed by atoms with Crippen LogP contribution in [0.15, 0.2) is 42.5 Å². The Bertz CT molecular complexity index is 1150. The number of imide groups is 1. The summed E-state index contributed by atoms with van der Waals surface area (Å²) in [5, 5.41) is 14.2. The van der Waals surface area contributed by atoms with Gasteiger partial charge < -0.3 is 9.84 Å². The Labute approximate surface area is 210 Å². The van der Waals surface area contributed by atoms with Crippen LogP contribution in [0.2, 0.25) is 5.02 Å². The number of halogens is 1. The van der Waals surface area contributed by atoms with Gasteiger partial charge in [0.1, 0.15) is 11.3 Å². The van der Waals surface area contributed by atoms with Gasteiger partial charge in [-0.25, -0.2) is 4.90 Å². The van der Waals surface area contributed by atoms with Gasteiger partial charge in [-0.1, -0.05) is 57.0 Å². The van der Waals surface area contributed by atoms with Gasteiger partial charge in [0.25, 0.3) is 0 Å². The summed E-state index contributed by atoms with van der Waals surface area (Å²) in [4.78, 5) is 41.6. The molecule has 2 saturated heterocycles. The van der Waals surface area contributed by atoms with E-state index in [1.807, 2.05) is 52.0 Å². The van der Waals surface area contributed by atoms with Gasteiger partial charge in [0.2, 0.25) is 11.8 Å². The lowest BCUT2D eigenvalue weighted by Gasteiger charge is -2.36. The standard InChI is InChI=1S/C27H31ClN2O5/c1-5-13-35-19-11-8-17(9-12-19)23-21-22(27(29-23,26(33)34)16(4)6-2)25(32)30(24(21)31)18-10-7-15(3)20(28)14-18/h7-12,14,16,21-23,29H,5-6,13H2,1-4H3,(H,33,34). The minimum Gasteiger partial charge on any atom is -0.494 e. The van der Waals surface area contributed by atoms with Crippen LogP contribution >= 0.6 is 11.6 Å². The number of carbonyl (C=O) groups excluding carboxylic acids is 2. The third-order valence-corrected chi connectivity index (χ3v) is 7.87. The second-order valence-electron chi connectivity index (χ2n) is 9.47. The third-order valence-electron chi connectivity index (χ3n) is 7.46. The molecular formula is C27H31ClN2O5. The highest BCUT2D eigenvalue weighted by Gasteiger charge is 2.70. The fourth-order valence-electron chi connectivity index (χ4n) is 5.38. The zero-order valence-corrected chi connectivity index (χ0v) is 21.1. The average Bonchev–Trinajstić information content (AvgIpc) is 3.34. The Balaban J connectivity index is 1.81. The molecule has 0 aromatic heterocycles. The molecule has 2 aliphatic heterocycles. The van der Waals surface area contributed by atoms with Crippen molar-refractivity contribution in [2.45, 2.75) is 52.1 Å². The van der Waals surface area contributed by atoms with Gasteiger partial charge in [0, 0.05) is 11.1 Å². The molecule has 2 aromatic carbocycles. The number of anilines is 1. The number of carboxylic acid groups (broad SMARTS) is 1. The molecule has 7 nitrogen and oxygen atoms in total. The number of carbonyl (C=O) groups is 3. The van der Waals surface area contributed by atoms with Crippen molar-refractivity contribution in [3.8, 4) is 5.75 Å². The van der Waals surface area contributed by atoms with E-state index in [2.05, 4.69) is 5.32 Å². The summed E-state index contributed by atoms with van der Waals surface area (Å²) in [7, 11) is 0. The van der Waals surface area contributed by atoms with Crippen LogP contribution in [0.4, 0.5) is 5.69 Å². The van der Waals surface area contributed by atoms with Crippen LogP contribution in [0.1, 0.15) is 50.8 Å². The van der Waals surface area contributed by atoms with E-state index >= 15 is 0 Å². The summed E-state index contributed by atoms with van der Waals surface area (Å²) in [6, 6.07) is 11.6. The number of hydrogen-bond acceptors (Lipinski definition) is 5. The first-order chi connectivity index (χ1) is 16.7. The molecule has 35 heavy (non-hydrogen) atoms. The van der Waals surface area contributed by atoms with Crippen molar-refractivity contribution in [3.05, 3.63) is 58.6 Å². The lowest BCUT2D eigenvalue weighted by Crippen LogP contribution is -2.59. The van der Waals surface area contributed by atoms with Gasteiger partial charge in [-0.3, -0.25) is 19.7 Å². The van der Waals surface area contributed by atoms with Crippen LogP contribution in [0, 0.1) is 24.7 Å². The topological polar surface area (TPSA) is 95.9 Å². The molecular weight excluding hydrogens is 468 g/mol. The lowest BCUT2D eigenvalue weighted by atomic mass is 9.72. The average molecular weight is 499 g/mol. The fraction of sp³-hybridized carbons (Fsp3) is 0.444. The second kappa shape index (κ2) is 9.63. The number of amides is 2. The van der Waals surface area contributed by atoms with Gasteiger partial charge >= 0.3 is 5.97 Å². The molecule has 5 unspecified atom stereocenters. The van der Waals surface area contributed by atoms with Crippen molar-refractivity contribution in [1.82, 2.24) is 5.32 Å². The maximum Gasteiger partial charge on any atom is 0.325 e. The summed E-state index contributed by atoms with van der Waals surface area (Å²) in [6.07, 6.45) is 1.40. The molecule has 0 saturated carbocycles. The minimum atomic E-state index is -1.59. The highest BCUT2D eigenvalue weighted by Crippen LogP contribution is 2.53. The molecule has 2 amide bonds. The lowest BCUT2D eigenvalue weighted by molar-refractivity contribution is -0.151. The number of nitrogens with zero attached hydrogens (tertiary/aromatic N) is 1. The number of carboxylic acids is 1. The summed E-state index contributed by atoms with van der Waals surface area (Å²) in [5.74, 6) is -3.68. The first-order valence-corrected chi connectivity index (χ1v) is 12.4. The molecule has 8 heteroatoms. The molecule has 0 radical (unpaired) electrons. The van der Waals surface area contributed by atoms with E-state index in [1.165, 1.54) is 0 Å². The van der Waals surface area contributed by atoms with E-state index in [0.717, 1.165) is 22.4 Å². The molecule has 2 fully saturated rings. The number of aryl methyl sites for hydroxylation is 1. The molecule has 0 aliphatic carbocycles. The van der Waals surface area contributed by atoms with Gasteiger partial charge in [-0.2, -0.15) is 0 Å². The first kappa shape index (κ1) is 25.2. The molecule has 186 valence electrons. The largest absolute Gasteiger partial charge is 0.494 e. The summed E-state index contributed by atoms with van der Waals surface area (Å²) in [6.45, 7) is 8.14. The van der Waals surface area contributed by atoms with Gasteiger partial charge in [0.15, 0.2) is 0 Å². The van der Waals surface area contributed by atoms with Crippen LogP contribution in [0.5, 0.6) is 5.75 Å². The molecule has 5 atom stereocenters. The Kier molecular flexibility index (Phi) is 6.93. The zero-order valence-electron chi connectivity index (χ0n) is 20.4. The van der Waals surface area contributed by atoms with E-state index in [0.29, 0.717) is 29.5 Å². The maximum absolute atomic E-state index is 13.8. The molecule has 4 rings (SSSR count). The summed E-state index contributed by atoms with van der Waals surface area (Å²) in [5.41, 5.74) is 0.326. The summed E-state index contributed by atoms with van der Waals surface area (Å²) < 4.78 is 5.67. The van der Waals surface area contributed by atoms with Crippen molar-refractivity contribution in [2.75, 3.05) is 11.5 Å². The van der Waals surface area contributed by atoms with E-state index in [-0.39, 0.29) is 0 Å². The minimum absolute atomic E-state index is 0.357. The summed E-state index contributed by atoms with van der Waals surface area (Å²) >= 11 is 6.30. The third kappa shape index (κ3) is 4.00. The molecule has 0 bridgehead atoms. The number of rotatable bonds is 8. The highest BCUT2D eigenvalue weighted by atomic mass is 35.5. The number of benzene rings is 2. The van der Waals surface area contributed by atoms with Crippen molar-refractivity contribution < 1.29 is 24.2 Å². The number of fused-ring (bicyclic) bond motifs is 1.